The predicted octanol–water partition coefficient (Wildman–Crippen LogP) is 5.67. The van der Waals surface area contributed by atoms with E-state index >= 15 is 0 Å². The van der Waals surface area contributed by atoms with E-state index in [0.717, 1.165) is 56.2 Å². The molecule has 168 valence electrons. The molecular weight excluding hydrogens is 526 g/mol. The summed E-state index contributed by atoms with van der Waals surface area (Å²) in [6.07, 6.45) is 3.86. The summed E-state index contributed by atoms with van der Waals surface area (Å²) in [4.78, 5) is 12.7. The van der Waals surface area contributed by atoms with E-state index in [1.165, 1.54) is 0.0314 Å². The van der Waals surface area contributed by atoms with E-state index in [4.69, 9.17) is 4.99 Å². The maximum absolute atomic E-state index is 4.86. The van der Waals surface area contributed by atoms with Crippen molar-refractivity contribution in [3.05, 3.63) is 72.8 Å². The van der Waals surface area contributed by atoms with E-state index in [-0.39, 0.29) is 44.6 Å². The van der Waals surface area contributed by atoms with Crippen LogP contribution in [-0.2, 0) is 0 Å². The molecule has 0 amide bonds. The van der Waals surface area contributed by atoms with Crippen LogP contribution in [0.25, 0.3) is 39.0 Å². The Morgan fingerprint density at radius 1 is 0.848 bits per heavy atom. The number of fused-ring (bicyclic) bond motifs is 2. The number of amidine groups is 1. The Hall–Kier alpha value is -2.16. The fraction of sp³-hybridized carbons (Fsp3) is 0.222. The Morgan fingerprint density at radius 2 is 1.67 bits per heavy atom. The fourth-order valence-electron chi connectivity index (χ4n) is 3.78. The van der Waals surface area contributed by atoms with Crippen LogP contribution in [0, 0.1) is 50.5 Å². The third kappa shape index (κ3) is 4.61. The van der Waals surface area contributed by atoms with Crippen molar-refractivity contribution < 1.29 is 44.6 Å². The van der Waals surface area contributed by atoms with E-state index in [9.17, 15) is 0 Å². The average molecular weight is 553 g/mol. The first kappa shape index (κ1) is 22.6. The summed E-state index contributed by atoms with van der Waals surface area (Å²) in [5.74, 6) is 2.76. The summed E-state index contributed by atoms with van der Waals surface area (Å²) < 4.78 is 6.13. The molecule has 33 heavy (non-hydrogen) atoms. The summed E-state index contributed by atoms with van der Waals surface area (Å²) in [5.41, 5.74) is 7.46. The Bertz CT molecular complexity index is 1400. The summed E-state index contributed by atoms with van der Waals surface area (Å²) in [7, 11) is 0. The van der Waals surface area contributed by atoms with E-state index < -0.39 is 0 Å². The first-order chi connectivity index (χ1) is 15.9. The zero-order valence-corrected chi connectivity index (χ0v) is 21.3. The second-order valence-electron chi connectivity index (χ2n) is 8.95. The first-order valence-electron chi connectivity index (χ1n) is 11.1. The second kappa shape index (κ2) is 9.24. The quantitative estimate of drug-likeness (QED) is 0.343. The number of hydrogen-bond acceptors (Lipinski definition) is 4. The molecule has 1 aliphatic heterocycles. The van der Waals surface area contributed by atoms with Gasteiger partial charge in [-0.3, -0.25) is 0 Å². The van der Waals surface area contributed by atoms with Gasteiger partial charge >= 0.3 is 202 Å². The molecule has 0 saturated heterocycles. The van der Waals surface area contributed by atoms with Gasteiger partial charge in [0.25, 0.3) is 0 Å². The zero-order chi connectivity index (χ0) is 23.1. The Morgan fingerprint density at radius 3 is 2.42 bits per heavy atom. The Kier molecular flexibility index (Phi) is 6.33. The van der Waals surface area contributed by atoms with E-state index in [1.54, 1.807) is 0 Å². The van der Waals surface area contributed by atoms with Crippen LogP contribution in [0.1, 0.15) is 45.0 Å². The van der Waals surface area contributed by atoms with Gasteiger partial charge < -0.3 is 0 Å². The molecule has 2 aromatic heterocycles. The van der Waals surface area contributed by atoms with Crippen LogP contribution >= 0.6 is 0 Å². The normalized spacial score (nSPS) is 14.0. The van der Waals surface area contributed by atoms with Crippen LogP contribution < -0.4 is 5.35 Å². The number of pyridine rings is 1. The molecule has 0 saturated carbocycles. The standard InChI is InChI=1S/C27H27N5Xe/c1-15(2)26-29-14-24(31-26)20-7-6-19-10-21(13-28-23(19)11-20)18-8-9-22-17(5)30-27(16(3)4)32-33-25(22)12-18/h6-16H,5H2,1-4H3,(H,29,31)(H,30,32). The molecular formula is C27H27N5Xe. The summed E-state index contributed by atoms with van der Waals surface area (Å²) in [6, 6.07) is 15.2. The van der Waals surface area contributed by atoms with Gasteiger partial charge in [0.1, 0.15) is 0 Å². The number of aromatic amines is 1. The van der Waals surface area contributed by atoms with Gasteiger partial charge in [0, 0.05) is 5.92 Å². The maximum atomic E-state index is 4.86. The Labute approximate surface area is 220 Å². The molecule has 6 heteroatoms. The van der Waals surface area contributed by atoms with Crippen molar-refractivity contribution in [1.29, 1.82) is 0 Å². The number of rotatable bonds is 4. The number of benzene rings is 2. The van der Waals surface area contributed by atoms with Crippen molar-refractivity contribution in [1.82, 2.24) is 20.3 Å². The fourth-order valence-corrected chi connectivity index (χ4v) is 6.06. The van der Waals surface area contributed by atoms with Crippen molar-refractivity contribution in [2.24, 2.45) is 5.92 Å². The van der Waals surface area contributed by atoms with E-state index in [2.05, 4.69) is 92.0 Å². The summed E-state index contributed by atoms with van der Waals surface area (Å²) >= 11 is -0.272. The third-order valence-electron chi connectivity index (χ3n) is 5.79. The SMILES string of the molecule is C=C1NC(C(C)C)=N[Xe]c2cc(-c3cnc4cc(-c5cnc(C(C)C)[nH]5)ccc4c3)ccc21. The molecule has 5 nitrogen and oxygen atoms in total. The molecule has 2 N–H and O–H groups in total. The van der Waals surface area contributed by atoms with Crippen molar-refractivity contribution in [2.45, 2.75) is 33.6 Å². The molecule has 1 aliphatic rings. The number of hydrogen-bond donors (Lipinski definition) is 2. The van der Waals surface area contributed by atoms with Gasteiger partial charge in [-0.2, -0.15) is 0 Å². The molecule has 2 aromatic carbocycles. The van der Waals surface area contributed by atoms with Gasteiger partial charge in [0.15, 0.2) is 0 Å². The van der Waals surface area contributed by atoms with E-state index in [0.29, 0.717) is 11.8 Å². The van der Waals surface area contributed by atoms with Crippen LogP contribution in [0.4, 0.5) is 0 Å². The molecule has 0 bridgehead atoms. The number of imidazole rings is 1. The minimum absolute atomic E-state index is 0.272. The number of nitrogens with zero attached hydrogens (tertiary/aromatic N) is 3. The molecule has 0 radical (unpaired) electrons. The molecule has 0 unspecified atom stereocenters. The second-order valence-corrected chi connectivity index (χ2v) is 10.9. The third-order valence-corrected chi connectivity index (χ3v) is 7.82. The van der Waals surface area contributed by atoms with Gasteiger partial charge in [-0.15, -0.1) is 0 Å². The molecule has 0 spiro atoms. The number of aromatic nitrogens is 3. The molecule has 0 aliphatic carbocycles. The molecule has 0 fully saturated rings. The minimum atomic E-state index is -0.272. The molecule has 0 atom stereocenters. The van der Waals surface area contributed by atoms with Crippen molar-refractivity contribution in [3.63, 3.8) is 0 Å². The van der Waals surface area contributed by atoms with Gasteiger partial charge in [0.05, 0.1) is 0 Å². The van der Waals surface area contributed by atoms with Crippen molar-refractivity contribution in [3.8, 4) is 22.4 Å². The van der Waals surface area contributed by atoms with Gasteiger partial charge in [-0.25, -0.2) is 0 Å². The average Bonchev–Trinajstić information content (AvgIpc) is 3.25. The van der Waals surface area contributed by atoms with Crippen LogP contribution in [0.15, 0.2) is 61.4 Å². The summed E-state index contributed by atoms with van der Waals surface area (Å²) in [6.45, 7) is 12.8. The molecule has 3 heterocycles. The van der Waals surface area contributed by atoms with E-state index in [1.807, 2.05) is 12.4 Å². The monoisotopic (exact) mass is 553 g/mol. The van der Waals surface area contributed by atoms with Crippen molar-refractivity contribution >= 4 is 22.5 Å². The van der Waals surface area contributed by atoms with Crippen LogP contribution in [0.3, 0.4) is 0 Å². The Balaban J connectivity index is 1.47. The van der Waals surface area contributed by atoms with Gasteiger partial charge in [0.2, 0.25) is 0 Å². The zero-order valence-electron chi connectivity index (χ0n) is 19.3. The van der Waals surface area contributed by atoms with Crippen LogP contribution in [-0.4, -0.2) is 20.8 Å². The van der Waals surface area contributed by atoms with Crippen LogP contribution in [0.5, 0.6) is 0 Å². The van der Waals surface area contributed by atoms with Gasteiger partial charge in [-0.1, -0.05) is 13.8 Å². The number of H-pyrrole nitrogens is 1. The first-order valence-corrected chi connectivity index (χ1v) is 13.1. The molecule has 4 aromatic rings. The molecule has 5 rings (SSSR count). The topological polar surface area (TPSA) is 66.0 Å². The van der Waals surface area contributed by atoms with Crippen molar-refractivity contribution in [2.75, 3.05) is 0 Å². The summed E-state index contributed by atoms with van der Waals surface area (Å²) in [5, 5.41) is 4.52. The van der Waals surface area contributed by atoms with Crippen LogP contribution in [0.2, 0.25) is 0 Å². The number of nitrogens with one attached hydrogen (secondary N) is 2. The van der Waals surface area contributed by atoms with Gasteiger partial charge in [-0.05, 0) is 0 Å². The predicted molar refractivity (Wildman–Crippen MR) is 133 cm³/mol.